The van der Waals surface area contributed by atoms with E-state index in [4.69, 9.17) is 5.84 Å². The molecule has 0 spiro atoms. The number of nitrogen functional groups attached to an aromatic ring is 1. The van der Waals surface area contributed by atoms with E-state index < -0.39 is 0 Å². The maximum Gasteiger partial charge on any atom is 0.294 e. The summed E-state index contributed by atoms with van der Waals surface area (Å²) in [5, 5.41) is 4.17. The second kappa shape index (κ2) is 5.39. The van der Waals surface area contributed by atoms with Crippen LogP contribution in [0.2, 0.25) is 0 Å². The second-order valence-electron chi connectivity index (χ2n) is 2.70. The number of amides is 1. The molecule has 2 heterocycles. The van der Waals surface area contributed by atoms with E-state index in [-0.39, 0.29) is 5.91 Å². The summed E-state index contributed by atoms with van der Waals surface area (Å²) in [6.45, 7) is 0. The molecule has 0 aliphatic heterocycles. The second-order valence-corrected chi connectivity index (χ2v) is 5.68. The molecule has 2 rings (SSSR count). The Balaban J connectivity index is 1.95. The first-order valence-corrected chi connectivity index (χ1v) is 7.01. The lowest BCUT2D eigenvalue weighted by atomic mass is 10.5. The molecular formula is C8H8N4OS3. The Morgan fingerprint density at radius 3 is 3.12 bits per heavy atom. The van der Waals surface area contributed by atoms with Crippen molar-refractivity contribution in [2.45, 2.75) is 10.1 Å². The molecule has 2 aromatic heterocycles. The van der Waals surface area contributed by atoms with Crippen molar-refractivity contribution in [3.63, 3.8) is 0 Å². The van der Waals surface area contributed by atoms with Crippen LogP contribution >= 0.6 is 34.4 Å². The van der Waals surface area contributed by atoms with E-state index in [2.05, 4.69) is 15.4 Å². The number of nitrogens with two attached hydrogens (primary N) is 1. The van der Waals surface area contributed by atoms with Crippen LogP contribution in [0.15, 0.2) is 21.3 Å². The van der Waals surface area contributed by atoms with Gasteiger partial charge in [-0.1, -0.05) is 11.8 Å². The normalized spacial score (nSPS) is 10.3. The molecule has 0 atom stereocenters. The van der Waals surface area contributed by atoms with Crippen LogP contribution in [0.5, 0.6) is 0 Å². The van der Waals surface area contributed by atoms with E-state index in [1.165, 1.54) is 11.3 Å². The topological polar surface area (TPSA) is 80.9 Å². The molecule has 3 N–H and O–H groups in total. The van der Waals surface area contributed by atoms with Crippen LogP contribution in [-0.2, 0) is 5.75 Å². The molecule has 0 unspecified atom stereocenters. The van der Waals surface area contributed by atoms with Gasteiger partial charge in [-0.05, 0) is 0 Å². The lowest BCUT2D eigenvalue weighted by molar-refractivity contribution is 0.0953. The van der Waals surface area contributed by atoms with Crippen molar-refractivity contribution < 1.29 is 4.79 Å². The molecule has 0 aliphatic carbocycles. The van der Waals surface area contributed by atoms with Gasteiger partial charge in [0.15, 0.2) is 5.01 Å². The summed E-state index contributed by atoms with van der Waals surface area (Å²) in [7, 11) is 0. The van der Waals surface area contributed by atoms with E-state index in [9.17, 15) is 4.79 Å². The third kappa shape index (κ3) is 2.79. The highest BCUT2D eigenvalue weighted by molar-refractivity contribution is 8.00. The van der Waals surface area contributed by atoms with Crippen molar-refractivity contribution in [3.05, 3.63) is 27.7 Å². The first kappa shape index (κ1) is 11.5. The SMILES string of the molecule is NNC(=O)c1nc(CSc2nccs2)cs1. The summed E-state index contributed by atoms with van der Waals surface area (Å²) in [6.07, 6.45) is 1.77. The van der Waals surface area contributed by atoms with Gasteiger partial charge in [0.25, 0.3) is 5.91 Å². The molecule has 0 saturated carbocycles. The minimum Gasteiger partial charge on any atom is -0.288 e. The van der Waals surface area contributed by atoms with Crippen molar-refractivity contribution in [2.24, 2.45) is 5.84 Å². The fourth-order valence-corrected chi connectivity index (χ4v) is 3.31. The number of rotatable bonds is 4. The van der Waals surface area contributed by atoms with E-state index in [0.717, 1.165) is 10.0 Å². The van der Waals surface area contributed by atoms with Crippen LogP contribution < -0.4 is 11.3 Å². The molecule has 0 aromatic carbocycles. The quantitative estimate of drug-likeness (QED) is 0.381. The predicted molar refractivity (Wildman–Crippen MR) is 65.4 cm³/mol. The Bertz CT molecular complexity index is 467. The lowest BCUT2D eigenvalue weighted by Gasteiger charge is -1.93. The third-order valence-electron chi connectivity index (χ3n) is 1.63. The van der Waals surface area contributed by atoms with Crippen LogP contribution in [0.4, 0.5) is 0 Å². The highest BCUT2D eigenvalue weighted by atomic mass is 32.2. The molecule has 2 aromatic rings. The fourth-order valence-electron chi connectivity index (χ4n) is 0.957. The molecular weight excluding hydrogens is 264 g/mol. The molecule has 0 bridgehead atoms. The smallest absolute Gasteiger partial charge is 0.288 e. The monoisotopic (exact) mass is 272 g/mol. The van der Waals surface area contributed by atoms with Crippen LogP contribution in [0.1, 0.15) is 15.5 Å². The largest absolute Gasteiger partial charge is 0.294 e. The zero-order chi connectivity index (χ0) is 11.4. The lowest BCUT2D eigenvalue weighted by Crippen LogP contribution is -2.29. The number of thiazole rings is 2. The number of thioether (sulfide) groups is 1. The third-order valence-corrected chi connectivity index (χ3v) is 4.52. The van der Waals surface area contributed by atoms with Crippen molar-refractivity contribution >= 4 is 40.3 Å². The summed E-state index contributed by atoms with van der Waals surface area (Å²) in [5.74, 6) is 5.38. The number of hydrogen-bond donors (Lipinski definition) is 2. The van der Waals surface area contributed by atoms with Gasteiger partial charge in [0.2, 0.25) is 0 Å². The molecule has 0 saturated heterocycles. The summed E-state index contributed by atoms with van der Waals surface area (Å²) < 4.78 is 0.998. The average molecular weight is 272 g/mol. The Morgan fingerprint density at radius 2 is 2.44 bits per heavy atom. The molecule has 0 fully saturated rings. The number of carbonyl (C=O) groups excluding carboxylic acids is 1. The fraction of sp³-hybridized carbons (Fsp3) is 0.125. The summed E-state index contributed by atoms with van der Waals surface area (Å²) >= 11 is 4.48. The van der Waals surface area contributed by atoms with Gasteiger partial charge in [0.05, 0.1) is 5.69 Å². The zero-order valence-corrected chi connectivity index (χ0v) is 10.5. The van der Waals surface area contributed by atoms with Crippen molar-refractivity contribution in [1.29, 1.82) is 0 Å². The molecule has 0 aliphatic rings. The van der Waals surface area contributed by atoms with E-state index in [1.54, 1.807) is 29.3 Å². The molecule has 84 valence electrons. The van der Waals surface area contributed by atoms with Gasteiger partial charge in [-0.25, -0.2) is 15.8 Å². The van der Waals surface area contributed by atoms with Crippen LogP contribution in [-0.4, -0.2) is 15.9 Å². The van der Waals surface area contributed by atoms with Gasteiger partial charge in [-0.2, -0.15) is 0 Å². The average Bonchev–Trinajstić information content (AvgIpc) is 2.96. The van der Waals surface area contributed by atoms with Gasteiger partial charge in [0.1, 0.15) is 4.34 Å². The number of hydrazine groups is 1. The molecule has 1 amide bonds. The Kier molecular flexibility index (Phi) is 3.88. The van der Waals surface area contributed by atoms with Crippen LogP contribution in [0, 0.1) is 0 Å². The van der Waals surface area contributed by atoms with Gasteiger partial charge in [-0.3, -0.25) is 10.2 Å². The zero-order valence-electron chi connectivity index (χ0n) is 8.04. The highest BCUT2D eigenvalue weighted by Gasteiger charge is 2.09. The first-order chi connectivity index (χ1) is 7.79. The van der Waals surface area contributed by atoms with Gasteiger partial charge < -0.3 is 0 Å². The minimum absolute atomic E-state index is 0.351. The number of nitrogens with one attached hydrogen (secondary N) is 1. The van der Waals surface area contributed by atoms with E-state index in [0.29, 0.717) is 10.8 Å². The number of nitrogens with zero attached hydrogens (tertiary/aromatic N) is 2. The number of hydrogen-bond acceptors (Lipinski definition) is 7. The number of aromatic nitrogens is 2. The Labute approximate surface area is 104 Å². The van der Waals surface area contributed by atoms with E-state index >= 15 is 0 Å². The molecule has 8 heteroatoms. The van der Waals surface area contributed by atoms with Crippen molar-refractivity contribution in [2.75, 3.05) is 0 Å². The minimum atomic E-state index is -0.351. The maximum absolute atomic E-state index is 11.2. The van der Waals surface area contributed by atoms with Gasteiger partial charge in [0, 0.05) is 22.7 Å². The Morgan fingerprint density at radius 1 is 1.56 bits per heavy atom. The highest BCUT2D eigenvalue weighted by Crippen LogP contribution is 2.24. The predicted octanol–water partition coefficient (Wildman–Crippen LogP) is 1.50. The maximum atomic E-state index is 11.2. The summed E-state index contributed by atoms with van der Waals surface area (Å²) in [6, 6.07) is 0. The van der Waals surface area contributed by atoms with Gasteiger partial charge >= 0.3 is 0 Å². The Hall–Kier alpha value is -0.960. The van der Waals surface area contributed by atoms with Crippen LogP contribution in [0.3, 0.4) is 0 Å². The van der Waals surface area contributed by atoms with Crippen molar-refractivity contribution in [3.8, 4) is 0 Å². The molecule has 5 nitrogen and oxygen atoms in total. The standard InChI is InChI=1S/C8H8N4OS3/c9-12-6(13)7-11-5(3-15-7)4-16-8-10-1-2-14-8/h1-3H,4,9H2,(H,12,13). The molecule has 16 heavy (non-hydrogen) atoms. The van der Waals surface area contributed by atoms with Gasteiger partial charge in [-0.15, -0.1) is 22.7 Å². The van der Waals surface area contributed by atoms with Crippen molar-refractivity contribution in [1.82, 2.24) is 15.4 Å². The first-order valence-electron chi connectivity index (χ1n) is 4.27. The summed E-state index contributed by atoms with van der Waals surface area (Å²) in [5.41, 5.74) is 2.92. The van der Waals surface area contributed by atoms with E-state index in [1.807, 2.05) is 10.8 Å². The summed E-state index contributed by atoms with van der Waals surface area (Å²) in [4.78, 5) is 19.5. The number of carbonyl (C=O) groups is 1. The van der Waals surface area contributed by atoms with Crippen LogP contribution in [0.25, 0.3) is 0 Å². The molecule has 0 radical (unpaired) electrons.